The Morgan fingerprint density at radius 1 is 0.677 bits per heavy atom. The summed E-state index contributed by atoms with van der Waals surface area (Å²) >= 11 is 1.63. The molecule has 0 unspecified atom stereocenters. The standard InChI is InChI=1S/C28H23NOS/c1-22(21-30-26-19-17-24(18-20-26)23-11-5-2-6-12-23)28(29-25-13-7-3-8-14-25)31-27-15-9-4-10-16-27/h2-21H,1H3/b22-21?,29-28+. The van der Waals surface area contributed by atoms with Gasteiger partial charge in [0.1, 0.15) is 10.8 Å². The van der Waals surface area contributed by atoms with Gasteiger partial charge in [0.2, 0.25) is 0 Å². The summed E-state index contributed by atoms with van der Waals surface area (Å²) in [5.41, 5.74) is 4.24. The Morgan fingerprint density at radius 3 is 1.87 bits per heavy atom. The van der Waals surface area contributed by atoms with Gasteiger partial charge in [-0.05, 0) is 54.4 Å². The van der Waals surface area contributed by atoms with E-state index in [0.717, 1.165) is 26.9 Å². The second-order valence-corrected chi connectivity index (χ2v) is 8.04. The molecule has 0 aromatic heterocycles. The number of aliphatic imine (C=N–C) groups is 1. The molecule has 3 heteroatoms. The van der Waals surface area contributed by atoms with E-state index in [0.29, 0.717) is 0 Å². The number of rotatable bonds is 6. The molecular formula is C28H23NOS. The molecule has 0 saturated carbocycles. The first-order chi connectivity index (χ1) is 15.3. The van der Waals surface area contributed by atoms with E-state index in [4.69, 9.17) is 9.73 Å². The summed E-state index contributed by atoms with van der Waals surface area (Å²) < 4.78 is 5.96. The van der Waals surface area contributed by atoms with E-state index in [1.54, 1.807) is 18.0 Å². The third-order valence-electron chi connectivity index (χ3n) is 4.62. The first-order valence-corrected chi connectivity index (χ1v) is 11.0. The number of nitrogens with zero attached hydrogens (tertiary/aromatic N) is 1. The van der Waals surface area contributed by atoms with E-state index in [2.05, 4.69) is 36.4 Å². The zero-order valence-corrected chi connectivity index (χ0v) is 18.1. The molecule has 0 atom stereocenters. The van der Waals surface area contributed by atoms with Crippen molar-refractivity contribution >= 4 is 22.5 Å². The number of hydrogen-bond donors (Lipinski definition) is 0. The molecule has 0 amide bonds. The number of para-hydroxylation sites is 1. The average molecular weight is 422 g/mol. The highest BCUT2D eigenvalue weighted by Crippen LogP contribution is 2.27. The van der Waals surface area contributed by atoms with Gasteiger partial charge in [-0.1, -0.05) is 90.6 Å². The predicted molar refractivity (Wildman–Crippen MR) is 132 cm³/mol. The van der Waals surface area contributed by atoms with Gasteiger partial charge in [0.05, 0.1) is 11.9 Å². The van der Waals surface area contributed by atoms with Gasteiger partial charge in [0, 0.05) is 10.5 Å². The Morgan fingerprint density at radius 2 is 1.23 bits per heavy atom. The largest absolute Gasteiger partial charge is 0.465 e. The fourth-order valence-electron chi connectivity index (χ4n) is 2.97. The molecule has 0 radical (unpaired) electrons. The van der Waals surface area contributed by atoms with E-state index in [1.807, 2.05) is 85.8 Å². The van der Waals surface area contributed by atoms with Gasteiger partial charge in [-0.2, -0.15) is 0 Å². The number of hydrogen-bond acceptors (Lipinski definition) is 3. The second-order valence-electron chi connectivity index (χ2n) is 6.98. The Kier molecular flexibility index (Phi) is 6.99. The average Bonchev–Trinajstić information content (AvgIpc) is 2.84. The maximum Gasteiger partial charge on any atom is 0.126 e. The summed E-state index contributed by atoms with van der Waals surface area (Å²) in [4.78, 5) is 5.99. The summed E-state index contributed by atoms with van der Waals surface area (Å²) in [6, 6.07) is 38.7. The summed E-state index contributed by atoms with van der Waals surface area (Å²) in [5.74, 6) is 0.794. The van der Waals surface area contributed by atoms with Gasteiger partial charge in [-0.25, -0.2) is 4.99 Å². The second kappa shape index (κ2) is 10.5. The normalized spacial score (nSPS) is 11.9. The summed E-state index contributed by atoms with van der Waals surface area (Å²) in [6.07, 6.45) is 1.77. The number of ether oxygens (including phenoxy) is 1. The van der Waals surface area contributed by atoms with Crippen LogP contribution < -0.4 is 4.74 Å². The maximum absolute atomic E-state index is 5.96. The smallest absolute Gasteiger partial charge is 0.126 e. The lowest BCUT2D eigenvalue weighted by atomic mass is 10.1. The highest BCUT2D eigenvalue weighted by atomic mass is 32.2. The highest BCUT2D eigenvalue weighted by molar-refractivity contribution is 8.14. The maximum atomic E-state index is 5.96. The molecule has 0 saturated heterocycles. The van der Waals surface area contributed by atoms with Crippen molar-refractivity contribution < 1.29 is 4.74 Å². The van der Waals surface area contributed by atoms with E-state index in [1.165, 1.54) is 11.1 Å². The number of thioether (sulfide) groups is 1. The Labute approximate surface area is 188 Å². The predicted octanol–water partition coefficient (Wildman–Crippen LogP) is 8.16. The van der Waals surface area contributed by atoms with E-state index < -0.39 is 0 Å². The summed E-state index contributed by atoms with van der Waals surface area (Å²) in [5, 5.41) is 0.901. The van der Waals surface area contributed by atoms with Crippen LogP contribution in [0.25, 0.3) is 11.1 Å². The molecule has 4 aromatic carbocycles. The Balaban J connectivity index is 1.53. The topological polar surface area (TPSA) is 21.6 Å². The van der Waals surface area contributed by atoms with Crippen molar-refractivity contribution in [2.45, 2.75) is 11.8 Å². The molecule has 31 heavy (non-hydrogen) atoms. The van der Waals surface area contributed by atoms with Crippen LogP contribution in [0.15, 0.2) is 137 Å². The van der Waals surface area contributed by atoms with Crippen LogP contribution in [0.4, 0.5) is 5.69 Å². The molecule has 0 fully saturated rings. The minimum Gasteiger partial charge on any atom is -0.465 e. The fourth-order valence-corrected chi connectivity index (χ4v) is 3.85. The van der Waals surface area contributed by atoms with E-state index in [-0.39, 0.29) is 0 Å². The fraction of sp³-hybridized carbons (Fsp3) is 0.0357. The zero-order chi connectivity index (χ0) is 21.3. The van der Waals surface area contributed by atoms with Gasteiger partial charge < -0.3 is 4.74 Å². The Hall–Kier alpha value is -3.56. The molecule has 2 nitrogen and oxygen atoms in total. The molecule has 0 N–H and O–H groups in total. The van der Waals surface area contributed by atoms with Crippen LogP contribution in [0.3, 0.4) is 0 Å². The summed E-state index contributed by atoms with van der Waals surface area (Å²) in [7, 11) is 0. The van der Waals surface area contributed by atoms with Gasteiger partial charge in [0.15, 0.2) is 0 Å². The minimum absolute atomic E-state index is 0.794. The van der Waals surface area contributed by atoms with Crippen LogP contribution in [0.1, 0.15) is 6.92 Å². The first kappa shape index (κ1) is 20.7. The van der Waals surface area contributed by atoms with Crippen LogP contribution in [0.5, 0.6) is 5.75 Å². The van der Waals surface area contributed by atoms with Crippen molar-refractivity contribution in [3.8, 4) is 16.9 Å². The molecule has 4 aromatic rings. The highest BCUT2D eigenvalue weighted by Gasteiger charge is 2.07. The molecule has 0 aliphatic carbocycles. The quantitative estimate of drug-likeness (QED) is 0.136. The van der Waals surface area contributed by atoms with Gasteiger partial charge in [0.25, 0.3) is 0 Å². The number of benzene rings is 4. The SMILES string of the molecule is CC(=COc1ccc(-c2ccccc2)cc1)/C(=N\c1ccccc1)Sc1ccccc1. The van der Waals surface area contributed by atoms with Crippen LogP contribution in [0, 0.1) is 0 Å². The third-order valence-corrected chi connectivity index (χ3v) is 5.73. The molecule has 152 valence electrons. The van der Waals surface area contributed by atoms with Gasteiger partial charge in [-0.15, -0.1) is 0 Å². The summed E-state index contributed by atoms with van der Waals surface area (Å²) in [6.45, 7) is 2.02. The van der Waals surface area contributed by atoms with Crippen LogP contribution in [-0.2, 0) is 0 Å². The first-order valence-electron chi connectivity index (χ1n) is 10.1. The van der Waals surface area contributed by atoms with Crippen molar-refractivity contribution in [2.75, 3.05) is 0 Å². The van der Waals surface area contributed by atoms with Crippen molar-refractivity contribution in [3.63, 3.8) is 0 Å². The lowest BCUT2D eigenvalue weighted by molar-refractivity contribution is 0.478. The van der Waals surface area contributed by atoms with E-state index in [9.17, 15) is 0 Å². The van der Waals surface area contributed by atoms with Gasteiger partial charge >= 0.3 is 0 Å². The van der Waals surface area contributed by atoms with Crippen molar-refractivity contribution in [3.05, 3.63) is 127 Å². The monoisotopic (exact) mass is 421 g/mol. The van der Waals surface area contributed by atoms with Crippen molar-refractivity contribution in [1.29, 1.82) is 0 Å². The molecule has 4 rings (SSSR count). The molecule has 0 heterocycles. The van der Waals surface area contributed by atoms with Crippen molar-refractivity contribution in [1.82, 2.24) is 0 Å². The van der Waals surface area contributed by atoms with Crippen LogP contribution in [0.2, 0.25) is 0 Å². The van der Waals surface area contributed by atoms with Gasteiger partial charge in [-0.3, -0.25) is 0 Å². The minimum atomic E-state index is 0.794. The lowest BCUT2D eigenvalue weighted by Crippen LogP contribution is -1.97. The molecule has 0 aliphatic heterocycles. The lowest BCUT2D eigenvalue weighted by Gasteiger charge is -2.09. The van der Waals surface area contributed by atoms with Crippen LogP contribution in [-0.4, -0.2) is 5.04 Å². The molecule has 0 spiro atoms. The van der Waals surface area contributed by atoms with E-state index >= 15 is 0 Å². The molecular weight excluding hydrogens is 398 g/mol. The van der Waals surface area contributed by atoms with Crippen LogP contribution >= 0.6 is 11.8 Å². The third kappa shape index (κ3) is 5.97. The zero-order valence-electron chi connectivity index (χ0n) is 17.3. The van der Waals surface area contributed by atoms with Crippen molar-refractivity contribution in [2.24, 2.45) is 4.99 Å². The molecule has 0 bridgehead atoms. The molecule has 0 aliphatic rings. The Bertz CT molecular complexity index is 1150.